The first-order valence-electron chi connectivity index (χ1n) is 12.5. The highest BCUT2D eigenvalue weighted by atomic mass is 16.5. The fourth-order valence-electron chi connectivity index (χ4n) is 5.26. The molecule has 4 aromatic rings. The van der Waals surface area contributed by atoms with Crippen LogP contribution in [0.3, 0.4) is 0 Å². The zero-order valence-electron chi connectivity index (χ0n) is 21.3. The number of carbonyl (C=O) groups excluding carboxylic acids is 2. The van der Waals surface area contributed by atoms with Crippen LogP contribution in [0, 0.1) is 0 Å². The first-order valence-corrected chi connectivity index (χ1v) is 12.5. The summed E-state index contributed by atoms with van der Waals surface area (Å²) < 4.78 is 5.25. The zero-order chi connectivity index (χ0) is 25.9. The van der Waals surface area contributed by atoms with Crippen molar-refractivity contribution in [1.29, 1.82) is 0 Å². The quantitative estimate of drug-likeness (QED) is 0.306. The third-order valence-corrected chi connectivity index (χ3v) is 7.00. The molecule has 0 saturated carbocycles. The molecule has 0 spiro atoms. The maximum Gasteiger partial charge on any atom is 0.258 e. The first kappa shape index (κ1) is 24.3. The maximum atomic E-state index is 13.7. The molecule has 1 heterocycles. The minimum atomic E-state index is -0.199. The minimum Gasteiger partial charge on any atom is -0.497 e. The Bertz CT molecular complexity index is 1420. The maximum absolute atomic E-state index is 13.7. The number of methoxy groups -OCH3 is 1. The summed E-state index contributed by atoms with van der Waals surface area (Å²) in [5.74, 6) is 0.604. The van der Waals surface area contributed by atoms with Crippen molar-refractivity contribution in [3.63, 3.8) is 0 Å². The highest BCUT2D eigenvalue weighted by molar-refractivity contribution is 6.07. The van der Waals surface area contributed by atoms with Crippen LogP contribution in [0.5, 0.6) is 5.75 Å². The van der Waals surface area contributed by atoms with Crippen molar-refractivity contribution in [2.45, 2.75) is 32.4 Å². The van der Waals surface area contributed by atoms with E-state index in [4.69, 9.17) is 4.74 Å². The molecular weight excluding hydrogens is 460 g/mol. The zero-order valence-corrected chi connectivity index (χ0v) is 21.3. The summed E-state index contributed by atoms with van der Waals surface area (Å²) >= 11 is 0. The van der Waals surface area contributed by atoms with E-state index in [1.54, 1.807) is 38.3 Å². The molecule has 5 nitrogen and oxygen atoms in total. The average molecular weight is 491 g/mol. The number of amides is 2. The topological polar surface area (TPSA) is 49.9 Å². The monoisotopic (exact) mass is 490 g/mol. The number of benzene rings is 4. The summed E-state index contributed by atoms with van der Waals surface area (Å²) in [6.45, 7) is 3.65. The van der Waals surface area contributed by atoms with Crippen molar-refractivity contribution < 1.29 is 14.3 Å². The van der Waals surface area contributed by atoms with Crippen LogP contribution in [0.25, 0.3) is 11.1 Å². The molecule has 1 aliphatic rings. The highest BCUT2D eigenvalue weighted by Crippen LogP contribution is 2.43. The number of carbonyl (C=O) groups is 2. The number of hydrogen-bond acceptors (Lipinski definition) is 3. The van der Waals surface area contributed by atoms with Gasteiger partial charge < -0.3 is 14.5 Å². The van der Waals surface area contributed by atoms with Crippen LogP contribution in [-0.2, 0) is 4.79 Å². The minimum absolute atomic E-state index is 0.0351. The predicted molar refractivity (Wildman–Crippen MR) is 148 cm³/mol. The molecule has 0 radical (unpaired) electrons. The van der Waals surface area contributed by atoms with Gasteiger partial charge in [0.15, 0.2) is 0 Å². The van der Waals surface area contributed by atoms with Crippen molar-refractivity contribution in [1.82, 2.24) is 0 Å². The molecule has 0 aliphatic carbocycles. The van der Waals surface area contributed by atoms with Gasteiger partial charge in [-0.15, -0.1) is 0 Å². The summed E-state index contributed by atoms with van der Waals surface area (Å²) in [6.07, 6.45) is 0.619. The summed E-state index contributed by atoms with van der Waals surface area (Å²) in [6, 6.07) is 33.0. The predicted octanol–water partition coefficient (Wildman–Crippen LogP) is 6.90. The van der Waals surface area contributed by atoms with Crippen LogP contribution < -0.4 is 14.5 Å². The van der Waals surface area contributed by atoms with Crippen LogP contribution in [0.15, 0.2) is 103 Å². The summed E-state index contributed by atoms with van der Waals surface area (Å²) in [5.41, 5.74) is 5.38. The van der Waals surface area contributed by atoms with E-state index in [9.17, 15) is 9.59 Å². The van der Waals surface area contributed by atoms with Crippen LogP contribution in [0.2, 0.25) is 0 Å². The van der Waals surface area contributed by atoms with Crippen molar-refractivity contribution in [2.75, 3.05) is 16.9 Å². The van der Waals surface area contributed by atoms with Gasteiger partial charge in [-0.3, -0.25) is 9.59 Å². The molecule has 2 unspecified atom stereocenters. The lowest BCUT2D eigenvalue weighted by atomic mass is 9.89. The molecule has 186 valence electrons. The van der Waals surface area contributed by atoms with Crippen molar-refractivity contribution >= 4 is 23.2 Å². The van der Waals surface area contributed by atoms with E-state index in [1.807, 2.05) is 71.3 Å². The molecule has 1 aliphatic heterocycles. The standard InChI is InChI=1S/C32H30N2O3/c1-22-20-31(34(23(2)35)27-13-9-12-26(21-27)24-10-5-4-6-11-24)29-14-7-8-15-30(29)33(22)32(36)25-16-18-28(37-3)19-17-25/h4-19,21-22,31H,20H2,1-3H3. The van der Waals surface area contributed by atoms with Crippen LogP contribution >= 0.6 is 0 Å². The summed E-state index contributed by atoms with van der Waals surface area (Å²) in [7, 11) is 1.61. The molecule has 2 atom stereocenters. The average Bonchev–Trinajstić information content (AvgIpc) is 2.93. The first-order chi connectivity index (χ1) is 18.0. The number of rotatable bonds is 5. The summed E-state index contributed by atoms with van der Waals surface area (Å²) in [4.78, 5) is 30.5. The van der Waals surface area contributed by atoms with Gasteiger partial charge in [0, 0.05) is 29.9 Å². The lowest BCUT2D eigenvalue weighted by Gasteiger charge is -2.43. The van der Waals surface area contributed by atoms with Gasteiger partial charge in [0.2, 0.25) is 5.91 Å². The van der Waals surface area contributed by atoms with E-state index in [0.29, 0.717) is 17.7 Å². The van der Waals surface area contributed by atoms with E-state index in [0.717, 1.165) is 28.1 Å². The fraction of sp³-hybridized carbons (Fsp3) is 0.188. The van der Waals surface area contributed by atoms with Gasteiger partial charge in [-0.2, -0.15) is 0 Å². The van der Waals surface area contributed by atoms with Gasteiger partial charge >= 0.3 is 0 Å². The normalized spacial score (nSPS) is 16.6. The number of para-hydroxylation sites is 1. The molecule has 0 aromatic heterocycles. The van der Waals surface area contributed by atoms with Crippen molar-refractivity contribution in [3.05, 3.63) is 114 Å². The molecular formula is C32H30N2O3. The van der Waals surface area contributed by atoms with Crippen LogP contribution in [-0.4, -0.2) is 25.0 Å². The molecule has 0 N–H and O–H groups in total. The van der Waals surface area contributed by atoms with Crippen molar-refractivity contribution in [3.8, 4) is 16.9 Å². The van der Waals surface area contributed by atoms with E-state index < -0.39 is 0 Å². The lowest BCUT2D eigenvalue weighted by molar-refractivity contribution is -0.117. The Morgan fingerprint density at radius 3 is 2.22 bits per heavy atom. The van der Waals surface area contributed by atoms with Crippen LogP contribution in [0.1, 0.15) is 42.2 Å². The van der Waals surface area contributed by atoms with Gasteiger partial charge in [0.05, 0.1) is 13.2 Å². The number of anilines is 2. The second-order valence-corrected chi connectivity index (χ2v) is 9.37. The van der Waals surface area contributed by atoms with Gasteiger partial charge in [-0.05, 0) is 72.5 Å². The Morgan fingerprint density at radius 2 is 1.51 bits per heavy atom. The Morgan fingerprint density at radius 1 is 0.838 bits per heavy atom. The Hall–Kier alpha value is -4.38. The second-order valence-electron chi connectivity index (χ2n) is 9.37. The number of hydrogen-bond donors (Lipinski definition) is 0. The lowest BCUT2D eigenvalue weighted by Crippen LogP contribution is -2.47. The molecule has 5 heteroatoms. The molecule has 0 fully saturated rings. The number of nitrogens with zero attached hydrogens (tertiary/aromatic N) is 2. The molecule has 0 bridgehead atoms. The third kappa shape index (κ3) is 4.73. The van der Waals surface area contributed by atoms with Crippen molar-refractivity contribution in [2.24, 2.45) is 0 Å². The fourth-order valence-corrected chi connectivity index (χ4v) is 5.26. The molecule has 37 heavy (non-hydrogen) atoms. The smallest absolute Gasteiger partial charge is 0.258 e. The molecule has 5 rings (SSSR count). The summed E-state index contributed by atoms with van der Waals surface area (Å²) in [5, 5.41) is 0. The molecule has 4 aromatic carbocycles. The van der Waals surface area contributed by atoms with Gasteiger partial charge in [-0.1, -0.05) is 60.7 Å². The second kappa shape index (κ2) is 10.3. The van der Waals surface area contributed by atoms with E-state index in [-0.39, 0.29) is 23.9 Å². The Balaban J connectivity index is 1.54. The van der Waals surface area contributed by atoms with E-state index in [2.05, 4.69) is 24.3 Å². The van der Waals surface area contributed by atoms with Gasteiger partial charge in [0.25, 0.3) is 5.91 Å². The van der Waals surface area contributed by atoms with Crippen LogP contribution in [0.4, 0.5) is 11.4 Å². The highest BCUT2D eigenvalue weighted by Gasteiger charge is 2.38. The molecule has 2 amide bonds. The SMILES string of the molecule is COc1ccc(C(=O)N2c3ccccc3C(N(C(C)=O)c3cccc(-c4ccccc4)c3)CC2C)cc1. The van der Waals surface area contributed by atoms with Gasteiger partial charge in [-0.25, -0.2) is 0 Å². The third-order valence-electron chi connectivity index (χ3n) is 7.00. The van der Waals surface area contributed by atoms with Gasteiger partial charge in [0.1, 0.15) is 5.75 Å². The number of ether oxygens (including phenoxy) is 1. The Kier molecular flexibility index (Phi) is 6.78. The number of fused-ring (bicyclic) bond motifs is 1. The van der Waals surface area contributed by atoms with E-state index in [1.165, 1.54) is 0 Å². The molecule has 0 saturated heterocycles. The largest absolute Gasteiger partial charge is 0.497 e. The Labute approximate surface area is 217 Å². The van der Waals surface area contributed by atoms with E-state index >= 15 is 0 Å².